The van der Waals surface area contributed by atoms with E-state index in [1.807, 2.05) is 11.3 Å². The Hall–Kier alpha value is -6.16. The SMILES string of the molecule is c1ccc(-c2cc3c(cc2Nc2cccc(N(c4ccccc4)c4ccc(-c5ccc6ccccc6c5)cc4)c2)sc2ccccc23)cc1. The average molecular weight is 645 g/mol. The number of hydrogen-bond donors (Lipinski definition) is 1. The standard InChI is InChI=1S/C46H32N2S/c1-3-13-34(14-4-1)42-30-43-41-20-9-10-21-45(41)49-46(43)31-44(42)47-37-16-11-19-40(29-37)48(38-17-5-2-6-18-38)39-26-24-33(25-27-39)36-23-22-32-12-7-8-15-35(32)28-36/h1-31,47H. The van der Waals surface area contributed by atoms with Gasteiger partial charge in [-0.1, -0.05) is 121 Å². The van der Waals surface area contributed by atoms with Crippen molar-refractivity contribution in [3.63, 3.8) is 0 Å². The molecular formula is C46H32N2S. The molecule has 0 fully saturated rings. The second-order valence-electron chi connectivity index (χ2n) is 12.3. The van der Waals surface area contributed by atoms with Gasteiger partial charge in [0.25, 0.3) is 0 Å². The van der Waals surface area contributed by atoms with Crippen molar-refractivity contribution >= 4 is 70.7 Å². The van der Waals surface area contributed by atoms with Crippen molar-refractivity contribution < 1.29 is 0 Å². The van der Waals surface area contributed by atoms with E-state index >= 15 is 0 Å². The quantitative estimate of drug-likeness (QED) is 0.186. The van der Waals surface area contributed by atoms with Gasteiger partial charge in [-0.05, 0) is 94.2 Å². The second kappa shape index (κ2) is 12.5. The lowest BCUT2D eigenvalue weighted by atomic mass is 10.0. The first-order valence-corrected chi connectivity index (χ1v) is 17.4. The molecule has 1 heterocycles. The third kappa shape index (κ3) is 5.61. The highest BCUT2D eigenvalue weighted by Gasteiger charge is 2.16. The van der Waals surface area contributed by atoms with Gasteiger partial charge in [-0.25, -0.2) is 0 Å². The third-order valence-corrected chi connectivity index (χ3v) is 10.3. The van der Waals surface area contributed by atoms with Gasteiger partial charge < -0.3 is 10.2 Å². The van der Waals surface area contributed by atoms with E-state index in [0.29, 0.717) is 0 Å². The predicted molar refractivity (Wildman–Crippen MR) is 212 cm³/mol. The zero-order valence-electron chi connectivity index (χ0n) is 26.8. The van der Waals surface area contributed by atoms with Crippen molar-refractivity contribution in [1.82, 2.24) is 0 Å². The zero-order valence-corrected chi connectivity index (χ0v) is 27.6. The normalized spacial score (nSPS) is 11.3. The van der Waals surface area contributed by atoms with Crippen LogP contribution in [0.15, 0.2) is 188 Å². The predicted octanol–water partition coefficient (Wildman–Crippen LogP) is 13.8. The number of anilines is 5. The molecule has 1 aromatic heterocycles. The van der Waals surface area contributed by atoms with E-state index in [2.05, 4.69) is 198 Å². The summed E-state index contributed by atoms with van der Waals surface area (Å²) >= 11 is 1.84. The molecule has 0 unspecified atom stereocenters. The van der Waals surface area contributed by atoms with Crippen LogP contribution in [-0.4, -0.2) is 0 Å². The minimum absolute atomic E-state index is 1.03. The molecule has 9 aromatic rings. The number of benzene rings is 8. The van der Waals surface area contributed by atoms with Crippen LogP contribution in [-0.2, 0) is 0 Å². The van der Waals surface area contributed by atoms with Gasteiger partial charge in [0.15, 0.2) is 0 Å². The molecule has 0 bridgehead atoms. The molecule has 1 N–H and O–H groups in total. The van der Waals surface area contributed by atoms with Gasteiger partial charge in [0.05, 0.1) is 0 Å². The molecule has 0 atom stereocenters. The Kier molecular flexibility index (Phi) is 7.38. The highest BCUT2D eigenvalue weighted by Crippen LogP contribution is 2.42. The highest BCUT2D eigenvalue weighted by molar-refractivity contribution is 7.25. The van der Waals surface area contributed by atoms with E-state index in [1.54, 1.807) is 0 Å². The Bertz CT molecular complexity index is 2570. The summed E-state index contributed by atoms with van der Waals surface area (Å²) in [5, 5.41) is 8.93. The van der Waals surface area contributed by atoms with Crippen LogP contribution in [0.2, 0.25) is 0 Å². The fourth-order valence-electron chi connectivity index (χ4n) is 6.81. The van der Waals surface area contributed by atoms with Crippen LogP contribution in [0.1, 0.15) is 0 Å². The number of hydrogen-bond acceptors (Lipinski definition) is 3. The Morgan fingerprint density at radius 3 is 1.90 bits per heavy atom. The monoisotopic (exact) mass is 644 g/mol. The number of fused-ring (bicyclic) bond motifs is 4. The average Bonchev–Trinajstić information content (AvgIpc) is 3.53. The maximum Gasteiger partial charge on any atom is 0.0482 e. The number of nitrogens with one attached hydrogen (secondary N) is 1. The van der Waals surface area contributed by atoms with Crippen molar-refractivity contribution in [2.45, 2.75) is 0 Å². The van der Waals surface area contributed by atoms with Crippen LogP contribution >= 0.6 is 11.3 Å². The molecular weight excluding hydrogens is 613 g/mol. The minimum atomic E-state index is 1.03. The summed E-state index contributed by atoms with van der Waals surface area (Å²) in [5.74, 6) is 0. The lowest BCUT2D eigenvalue weighted by Gasteiger charge is -2.26. The molecule has 49 heavy (non-hydrogen) atoms. The molecule has 0 spiro atoms. The van der Waals surface area contributed by atoms with Crippen LogP contribution in [0.3, 0.4) is 0 Å². The topological polar surface area (TPSA) is 15.3 Å². The van der Waals surface area contributed by atoms with Crippen LogP contribution in [0, 0.1) is 0 Å². The first-order valence-electron chi connectivity index (χ1n) is 16.6. The molecule has 9 rings (SSSR count). The Labute approximate surface area is 290 Å². The summed E-state index contributed by atoms with van der Waals surface area (Å²) < 4.78 is 2.58. The fraction of sp³-hybridized carbons (Fsp3) is 0. The van der Waals surface area contributed by atoms with Crippen molar-refractivity contribution in [2.75, 3.05) is 10.2 Å². The Balaban J connectivity index is 1.10. The molecule has 0 radical (unpaired) electrons. The van der Waals surface area contributed by atoms with Gasteiger partial charge in [0, 0.05) is 54.2 Å². The fourth-order valence-corrected chi connectivity index (χ4v) is 7.93. The van der Waals surface area contributed by atoms with E-state index in [0.717, 1.165) is 28.4 Å². The van der Waals surface area contributed by atoms with Crippen LogP contribution in [0.5, 0.6) is 0 Å². The first-order chi connectivity index (χ1) is 24.3. The Morgan fingerprint density at radius 1 is 0.388 bits per heavy atom. The molecule has 0 saturated carbocycles. The largest absolute Gasteiger partial charge is 0.355 e. The van der Waals surface area contributed by atoms with Crippen molar-refractivity contribution in [2.24, 2.45) is 0 Å². The van der Waals surface area contributed by atoms with E-state index in [-0.39, 0.29) is 0 Å². The maximum absolute atomic E-state index is 3.83. The number of thiophene rings is 1. The molecule has 0 amide bonds. The van der Waals surface area contributed by atoms with E-state index in [1.165, 1.54) is 53.2 Å². The van der Waals surface area contributed by atoms with Gasteiger partial charge in [0.2, 0.25) is 0 Å². The molecule has 232 valence electrons. The van der Waals surface area contributed by atoms with Crippen molar-refractivity contribution in [1.29, 1.82) is 0 Å². The smallest absolute Gasteiger partial charge is 0.0482 e. The van der Waals surface area contributed by atoms with Crippen molar-refractivity contribution in [3.05, 3.63) is 188 Å². The maximum atomic E-state index is 3.83. The molecule has 0 aliphatic heterocycles. The van der Waals surface area contributed by atoms with Crippen LogP contribution < -0.4 is 10.2 Å². The molecule has 0 saturated heterocycles. The summed E-state index contributed by atoms with van der Waals surface area (Å²) in [6.45, 7) is 0. The lowest BCUT2D eigenvalue weighted by molar-refractivity contribution is 1.28. The minimum Gasteiger partial charge on any atom is -0.355 e. The van der Waals surface area contributed by atoms with Crippen LogP contribution in [0.25, 0.3) is 53.2 Å². The lowest BCUT2D eigenvalue weighted by Crippen LogP contribution is -2.10. The molecule has 0 aliphatic carbocycles. The summed E-state index contributed by atoms with van der Waals surface area (Å²) in [5.41, 5.74) is 10.2. The van der Waals surface area contributed by atoms with Gasteiger partial charge in [-0.3, -0.25) is 0 Å². The van der Waals surface area contributed by atoms with E-state index < -0.39 is 0 Å². The summed E-state index contributed by atoms with van der Waals surface area (Å²) in [6.07, 6.45) is 0. The summed E-state index contributed by atoms with van der Waals surface area (Å²) in [6, 6.07) is 67.4. The number of nitrogens with zero attached hydrogens (tertiary/aromatic N) is 1. The number of para-hydroxylation sites is 1. The number of rotatable bonds is 7. The van der Waals surface area contributed by atoms with E-state index in [4.69, 9.17) is 0 Å². The molecule has 8 aromatic carbocycles. The summed E-state index contributed by atoms with van der Waals surface area (Å²) in [7, 11) is 0. The molecule has 3 heteroatoms. The highest BCUT2D eigenvalue weighted by atomic mass is 32.1. The van der Waals surface area contributed by atoms with Gasteiger partial charge in [-0.15, -0.1) is 11.3 Å². The summed E-state index contributed by atoms with van der Waals surface area (Å²) in [4.78, 5) is 2.32. The third-order valence-electron chi connectivity index (χ3n) is 9.21. The first kappa shape index (κ1) is 29.0. The second-order valence-corrected chi connectivity index (χ2v) is 13.4. The van der Waals surface area contributed by atoms with E-state index in [9.17, 15) is 0 Å². The van der Waals surface area contributed by atoms with Gasteiger partial charge >= 0.3 is 0 Å². The molecule has 2 nitrogen and oxygen atoms in total. The zero-order chi connectivity index (χ0) is 32.6. The van der Waals surface area contributed by atoms with Crippen molar-refractivity contribution in [3.8, 4) is 22.3 Å². The van der Waals surface area contributed by atoms with Crippen LogP contribution in [0.4, 0.5) is 28.4 Å². The van der Waals surface area contributed by atoms with Gasteiger partial charge in [0.1, 0.15) is 0 Å². The Morgan fingerprint density at radius 2 is 1.06 bits per heavy atom. The molecule has 0 aliphatic rings. The van der Waals surface area contributed by atoms with Gasteiger partial charge in [-0.2, -0.15) is 0 Å².